The number of carbonyl (C=O) groups is 1. The van der Waals surface area contributed by atoms with Crippen LogP contribution in [-0.2, 0) is 4.74 Å². The normalized spacial score (nSPS) is 11.6. The Kier molecular flexibility index (Phi) is 4.00. The lowest BCUT2D eigenvalue weighted by Crippen LogP contribution is -2.27. The summed E-state index contributed by atoms with van der Waals surface area (Å²) < 4.78 is 7.38. The number of anilines is 1. The van der Waals surface area contributed by atoms with Crippen LogP contribution < -0.4 is 5.32 Å². The highest BCUT2D eigenvalue weighted by molar-refractivity contribution is 14.1. The lowest BCUT2D eigenvalue weighted by Gasteiger charge is -2.18. The third kappa shape index (κ3) is 3.56. The highest BCUT2D eigenvalue weighted by Crippen LogP contribution is 2.31. The first-order valence-corrected chi connectivity index (χ1v) is 7.71. The zero-order valence-corrected chi connectivity index (χ0v) is 14.2. The predicted octanol–water partition coefficient (Wildman–Crippen LogP) is 4.56. The third-order valence-electron chi connectivity index (χ3n) is 2.30. The molecule has 0 saturated carbocycles. The number of carbonyl (C=O) groups excluding carboxylic acids is 1. The van der Waals surface area contributed by atoms with Crippen molar-refractivity contribution >= 4 is 55.4 Å². The van der Waals surface area contributed by atoms with E-state index in [4.69, 9.17) is 4.74 Å². The number of aromatic nitrogens is 1. The highest BCUT2D eigenvalue weighted by Gasteiger charge is 2.18. The number of halogens is 1. The van der Waals surface area contributed by atoms with Gasteiger partial charge < -0.3 is 4.74 Å². The monoisotopic (exact) mass is 390 g/mol. The van der Waals surface area contributed by atoms with E-state index in [9.17, 15) is 4.79 Å². The summed E-state index contributed by atoms with van der Waals surface area (Å²) in [4.78, 5) is 16.1. The van der Waals surface area contributed by atoms with Crippen molar-refractivity contribution in [1.82, 2.24) is 4.98 Å². The molecule has 0 saturated heterocycles. The van der Waals surface area contributed by atoms with Crippen LogP contribution in [0.2, 0.25) is 0 Å². The molecule has 0 aliphatic heterocycles. The van der Waals surface area contributed by atoms with E-state index in [1.54, 1.807) is 0 Å². The molecule has 102 valence electrons. The maximum absolute atomic E-state index is 11.7. The van der Waals surface area contributed by atoms with Crippen molar-refractivity contribution in [3.8, 4) is 0 Å². The molecule has 2 rings (SSSR count). The summed E-state index contributed by atoms with van der Waals surface area (Å²) in [5.41, 5.74) is 1.58. The number of benzene rings is 1. The Balaban J connectivity index is 2.25. The van der Waals surface area contributed by atoms with Gasteiger partial charge in [0.2, 0.25) is 0 Å². The molecule has 1 N–H and O–H groups in total. The number of nitrogens with one attached hydrogen (secondary N) is 1. The summed E-state index contributed by atoms with van der Waals surface area (Å²) in [6.45, 7) is 7.53. The first-order valence-electron chi connectivity index (χ1n) is 5.82. The number of amides is 1. The third-order valence-corrected chi connectivity index (χ3v) is 4.28. The van der Waals surface area contributed by atoms with Crippen LogP contribution in [0, 0.1) is 10.5 Å². The Bertz CT molecular complexity index is 592. The van der Waals surface area contributed by atoms with Gasteiger partial charge in [0.15, 0.2) is 5.13 Å². The van der Waals surface area contributed by atoms with E-state index >= 15 is 0 Å². The average Bonchev–Trinajstić information content (AvgIpc) is 2.65. The largest absolute Gasteiger partial charge is 0.444 e. The van der Waals surface area contributed by atoms with E-state index in [1.165, 1.54) is 11.3 Å². The number of ether oxygens (including phenoxy) is 1. The molecule has 1 aromatic carbocycles. The number of fused-ring (bicyclic) bond motifs is 1. The summed E-state index contributed by atoms with van der Waals surface area (Å²) in [6.07, 6.45) is -0.473. The molecular formula is C13H15IN2O2S. The number of aryl methyl sites for hydroxylation is 1. The van der Waals surface area contributed by atoms with E-state index in [-0.39, 0.29) is 0 Å². The minimum absolute atomic E-state index is 0.473. The lowest BCUT2D eigenvalue weighted by atomic mass is 10.2. The van der Waals surface area contributed by atoms with Gasteiger partial charge in [-0.05, 0) is 61.9 Å². The topological polar surface area (TPSA) is 51.2 Å². The molecule has 1 aromatic heterocycles. The molecule has 0 bridgehead atoms. The zero-order valence-electron chi connectivity index (χ0n) is 11.2. The smallest absolute Gasteiger partial charge is 0.413 e. The number of hydrogen-bond donors (Lipinski definition) is 1. The molecule has 19 heavy (non-hydrogen) atoms. The van der Waals surface area contributed by atoms with Gasteiger partial charge in [-0.1, -0.05) is 17.4 Å². The van der Waals surface area contributed by atoms with Gasteiger partial charge in [-0.25, -0.2) is 9.78 Å². The summed E-state index contributed by atoms with van der Waals surface area (Å²) in [5, 5.41) is 3.25. The summed E-state index contributed by atoms with van der Waals surface area (Å²) in [6, 6.07) is 4.08. The van der Waals surface area contributed by atoms with Crippen molar-refractivity contribution in [2.45, 2.75) is 33.3 Å². The Hall–Kier alpha value is -0.890. The molecule has 4 nitrogen and oxygen atoms in total. The van der Waals surface area contributed by atoms with Gasteiger partial charge in [-0.3, -0.25) is 5.32 Å². The average molecular weight is 390 g/mol. The van der Waals surface area contributed by atoms with Gasteiger partial charge in [0.1, 0.15) is 5.60 Å². The molecule has 0 radical (unpaired) electrons. The van der Waals surface area contributed by atoms with Crippen LogP contribution in [0.4, 0.5) is 9.93 Å². The molecule has 0 aliphatic rings. The Morgan fingerprint density at radius 1 is 1.42 bits per heavy atom. The summed E-state index contributed by atoms with van der Waals surface area (Å²) in [7, 11) is 0. The molecule has 0 aliphatic carbocycles. The number of hydrogen-bond acceptors (Lipinski definition) is 4. The van der Waals surface area contributed by atoms with E-state index in [2.05, 4.69) is 39.0 Å². The van der Waals surface area contributed by atoms with Crippen molar-refractivity contribution in [3.63, 3.8) is 0 Å². The first kappa shape index (κ1) is 14.5. The first-order chi connectivity index (χ1) is 8.76. The minimum atomic E-state index is -0.509. The second-order valence-electron chi connectivity index (χ2n) is 5.19. The van der Waals surface area contributed by atoms with Crippen molar-refractivity contribution < 1.29 is 9.53 Å². The van der Waals surface area contributed by atoms with Gasteiger partial charge in [0.05, 0.1) is 10.2 Å². The Morgan fingerprint density at radius 3 is 2.68 bits per heavy atom. The standard InChI is InChI=1S/C13H15IN2O2S/c1-7-5-6-8(14)9-10(7)19-11(15-9)16-12(17)18-13(2,3)4/h5-6H,1-4H3,(H,15,16,17). The van der Waals surface area contributed by atoms with E-state index in [0.717, 1.165) is 19.4 Å². The molecule has 0 unspecified atom stereocenters. The van der Waals surface area contributed by atoms with Gasteiger partial charge in [-0.15, -0.1) is 0 Å². The van der Waals surface area contributed by atoms with Gasteiger partial charge in [-0.2, -0.15) is 0 Å². The van der Waals surface area contributed by atoms with Crippen molar-refractivity contribution in [2.24, 2.45) is 0 Å². The zero-order chi connectivity index (χ0) is 14.2. The number of rotatable bonds is 1. The molecule has 6 heteroatoms. The lowest BCUT2D eigenvalue weighted by molar-refractivity contribution is 0.0636. The van der Waals surface area contributed by atoms with Crippen LogP contribution in [0.1, 0.15) is 26.3 Å². The molecule has 0 spiro atoms. The van der Waals surface area contributed by atoms with Crippen LogP contribution >= 0.6 is 33.9 Å². The fourth-order valence-corrected chi connectivity index (χ4v) is 3.25. The molecule has 1 amide bonds. The molecule has 2 aromatic rings. The number of thiazole rings is 1. The Labute approximate surface area is 129 Å². The van der Waals surface area contributed by atoms with Crippen molar-refractivity contribution in [3.05, 3.63) is 21.3 Å². The van der Waals surface area contributed by atoms with Crippen molar-refractivity contribution in [2.75, 3.05) is 5.32 Å². The molecule has 1 heterocycles. The van der Waals surface area contributed by atoms with Gasteiger partial charge in [0.25, 0.3) is 0 Å². The van der Waals surface area contributed by atoms with E-state index in [1.807, 2.05) is 33.8 Å². The van der Waals surface area contributed by atoms with Crippen LogP contribution in [0.15, 0.2) is 12.1 Å². The Morgan fingerprint density at radius 2 is 2.11 bits per heavy atom. The second kappa shape index (κ2) is 5.24. The van der Waals surface area contributed by atoms with Crippen LogP contribution in [0.25, 0.3) is 10.2 Å². The SMILES string of the molecule is Cc1ccc(I)c2nc(NC(=O)OC(C)(C)C)sc12. The fourth-order valence-electron chi connectivity index (χ4n) is 1.55. The molecular weight excluding hydrogens is 375 g/mol. The van der Waals surface area contributed by atoms with E-state index in [0.29, 0.717) is 5.13 Å². The van der Waals surface area contributed by atoms with Crippen LogP contribution in [0.3, 0.4) is 0 Å². The minimum Gasteiger partial charge on any atom is -0.444 e. The predicted molar refractivity (Wildman–Crippen MR) is 86.9 cm³/mol. The quantitative estimate of drug-likeness (QED) is 0.727. The summed E-state index contributed by atoms with van der Waals surface area (Å²) >= 11 is 3.71. The highest BCUT2D eigenvalue weighted by atomic mass is 127. The summed E-state index contributed by atoms with van der Waals surface area (Å²) in [5.74, 6) is 0. The van der Waals surface area contributed by atoms with Crippen molar-refractivity contribution in [1.29, 1.82) is 0 Å². The number of nitrogens with zero attached hydrogens (tertiary/aromatic N) is 1. The second-order valence-corrected chi connectivity index (χ2v) is 7.35. The van der Waals surface area contributed by atoms with Gasteiger partial charge in [0, 0.05) is 3.57 Å². The molecule has 0 fully saturated rings. The van der Waals surface area contributed by atoms with E-state index < -0.39 is 11.7 Å². The van der Waals surface area contributed by atoms with Crippen LogP contribution in [-0.4, -0.2) is 16.7 Å². The van der Waals surface area contributed by atoms with Gasteiger partial charge >= 0.3 is 6.09 Å². The maximum Gasteiger partial charge on any atom is 0.413 e. The molecule has 0 atom stereocenters. The van der Waals surface area contributed by atoms with Crippen LogP contribution in [0.5, 0.6) is 0 Å². The fraction of sp³-hybridized carbons (Fsp3) is 0.385. The maximum atomic E-state index is 11.7.